The highest BCUT2D eigenvalue weighted by atomic mass is 32.1. The maximum Gasteiger partial charge on any atom is 0.328 e. The number of carbonyl (C=O) groups is 1. The number of aromatic hydroxyl groups is 1. The van der Waals surface area contributed by atoms with Gasteiger partial charge in [0, 0.05) is 12.3 Å². The molecule has 0 aliphatic heterocycles. The molecule has 0 saturated carbocycles. The molecule has 0 fully saturated rings. The molecule has 2 N–H and O–H groups in total. The highest BCUT2D eigenvalue weighted by molar-refractivity contribution is 7.80. The predicted molar refractivity (Wildman–Crippen MR) is 123 cm³/mol. The van der Waals surface area contributed by atoms with Gasteiger partial charge in [-0.3, -0.25) is 0 Å². The lowest BCUT2D eigenvalue weighted by molar-refractivity contribution is -0.158. The summed E-state index contributed by atoms with van der Waals surface area (Å²) in [5.74, 6) is 0.316. The average molecular weight is 447 g/mol. The number of benzene rings is 1. The minimum Gasteiger partial charge on any atom is -0.503 e. The maximum atomic E-state index is 12.7. The summed E-state index contributed by atoms with van der Waals surface area (Å²) in [5.41, 5.74) is 1.27. The summed E-state index contributed by atoms with van der Waals surface area (Å²) in [6, 6.07) is 8.47. The number of methoxy groups -OCH3 is 1. The maximum absolute atomic E-state index is 12.7. The fourth-order valence-electron chi connectivity index (χ4n) is 3.00. The molecule has 0 spiro atoms. The van der Waals surface area contributed by atoms with Crippen LogP contribution in [0.1, 0.15) is 39.0 Å². The van der Waals surface area contributed by atoms with Crippen molar-refractivity contribution in [2.24, 2.45) is 5.92 Å². The number of hydrogen-bond acceptors (Lipinski definition) is 7. The Morgan fingerprint density at radius 3 is 2.35 bits per heavy atom. The average Bonchev–Trinajstić information content (AvgIpc) is 2.73. The van der Waals surface area contributed by atoms with Gasteiger partial charge < -0.3 is 24.6 Å². The Balaban J connectivity index is 2.02. The van der Waals surface area contributed by atoms with E-state index in [0.29, 0.717) is 5.75 Å². The third-order valence-electron chi connectivity index (χ3n) is 4.74. The smallest absolute Gasteiger partial charge is 0.328 e. The molecule has 0 aliphatic rings. The topological polar surface area (TPSA) is 89.9 Å². The lowest BCUT2D eigenvalue weighted by Crippen LogP contribution is -2.44. The second kappa shape index (κ2) is 10.9. The van der Waals surface area contributed by atoms with Crippen LogP contribution in [0.4, 0.5) is 0 Å². The van der Waals surface area contributed by atoms with E-state index in [4.69, 9.17) is 26.4 Å². The normalized spacial score (nSPS) is 13.8. The van der Waals surface area contributed by atoms with E-state index in [9.17, 15) is 9.90 Å². The molecule has 1 aromatic heterocycles. The Hall–Kier alpha value is -2.87. The van der Waals surface area contributed by atoms with E-state index in [1.807, 2.05) is 52.0 Å². The van der Waals surface area contributed by atoms with E-state index in [2.05, 4.69) is 10.3 Å². The van der Waals surface area contributed by atoms with Gasteiger partial charge in [0.2, 0.25) is 0 Å². The van der Waals surface area contributed by atoms with Crippen LogP contribution < -0.4 is 14.8 Å². The van der Waals surface area contributed by atoms with Gasteiger partial charge in [-0.15, -0.1) is 0 Å². The summed E-state index contributed by atoms with van der Waals surface area (Å²) < 4.78 is 16.8. The number of carbonyl (C=O) groups excluding carboxylic acids is 1. The lowest BCUT2D eigenvalue weighted by Gasteiger charge is -2.29. The number of thiocarbonyl (C=S) groups is 1. The minimum atomic E-state index is -0.757. The summed E-state index contributed by atoms with van der Waals surface area (Å²) in [5, 5.41) is 13.1. The summed E-state index contributed by atoms with van der Waals surface area (Å²) >= 11 is 5.30. The van der Waals surface area contributed by atoms with E-state index in [1.54, 1.807) is 6.92 Å². The minimum absolute atomic E-state index is 0.0349. The number of aromatic nitrogens is 1. The third-order valence-corrected chi connectivity index (χ3v) is 5.05. The Labute approximate surface area is 188 Å². The van der Waals surface area contributed by atoms with Crippen molar-refractivity contribution < 1.29 is 24.1 Å². The number of ether oxygens (including phenoxy) is 3. The molecule has 3 atom stereocenters. The molecule has 7 nitrogen and oxygen atoms in total. The van der Waals surface area contributed by atoms with Crippen molar-refractivity contribution in [1.82, 2.24) is 10.3 Å². The number of rotatable bonds is 9. The standard InChI is InChI=1S/C23H30N2O5S/c1-13(2)21(16(5)29-17-9-7-14(3)8-10-17)30-23(27)15(4)25-22(31)19-20(26)18(28-6)11-12-24-19/h7-13,15-16,21,26H,1-6H3,(H,25,31)/t15-,16-,21+/m0/s1. The molecule has 2 aromatic rings. The largest absolute Gasteiger partial charge is 0.503 e. The molecule has 2 rings (SSSR count). The molecule has 168 valence electrons. The first kappa shape index (κ1) is 24.4. The van der Waals surface area contributed by atoms with Gasteiger partial charge in [-0.05, 0) is 38.8 Å². The SMILES string of the molecule is COc1ccnc(C(=S)N[C@@H](C)C(=O)O[C@H](C(C)C)[C@H](C)Oc2ccc(C)cc2)c1O. The monoisotopic (exact) mass is 446 g/mol. The molecular weight excluding hydrogens is 416 g/mol. The molecule has 1 heterocycles. The Morgan fingerprint density at radius 2 is 1.77 bits per heavy atom. The van der Waals surface area contributed by atoms with Crippen molar-refractivity contribution in [3.8, 4) is 17.2 Å². The summed E-state index contributed by atoms with van der Waals surface area (Å²) in [6.07, 6.45) is 0.647. The lowest BCUT2D eigenvalue weighted by atomic mass is 10.0. The summed E-state index contributed by atoms with van der Waals surface area (Å²) in [4.78, 5) is 16.9. The van der Waals surface area contributed by atoms with Gasteiger partial charge >= 0.3 is 5.97 Å². The third kappa shape index (κ3) is 6.55. The molecule has 1 aromatic carbocycles. The van der Waals surface area contributed by atoms with Gasteiger partial charge in [0.05, 0.1) is 7.11 Å². The number of hydrogen-bond donors (Lipinski definition) is 2. The van der Waals surface area contributed by atoms with Gasteiger partial charge in [0.25, 0.3) is 0 Å². The zero-order valence-corrected chi connectivity index (χ0v) is 19.5. The van der Waals surface area contributed by atoms with Crippen LogP contribution in [0.2, 0.25) is 0 Å². The molecule has 0 unspecified atom stereocenters. The van der Waals surface area contributed by atoms with Crippen molar-refractivity contribution in [3.05, 3.63) is 47.8 Å². The predicted octanol–water partition coefficient (Wildman–Crippen LogP) is 3.79. The van der Waals surface area contributed by atoms with Crippen LogP contribution in [0.25, 0.3) is 0 Å². The van der Waals surface area contributed by atoms with Gasteiger partial charge in [0.15, 0.2) is 11.5 Å². The highest BCUT2D eigenvalue weighted by Gasteiger charge is 2.29. The Bertz CT molecular complexity index is 901. The molecule has 8 heteroatoms. The van der Waals surface area contributed by atoms with Crippen LogP contribution in [0, 0.1) is 12.8 Å². The number of nitrogens with one attached hydrogen (secondary N) is 1. The molecule has 31 heavy (non-hydrogen) atoms. The zero-order valence-electron chi connectivity index (χ0n) is 18.7. The second-order valence-corrected chi connectivity index (χ2v) is 8.10. The molecule has 0 saturated heterocycles. The van der Waals surface area contributed by atoms with E-state index >= 15 is 0 Å². The first-order chi connectivity index (χ1) is 14.6. The van der Waals surface area contributed by atoms with Gasteiger partial charge in [-0.2, -0.15) is 0 Å². The van der Waals surface area contributed by atoms with E-state index < -0.39 is 18.1 Å². The molecule has 0 aliphatic carbocycles. The van der Waals surface area contributed by atoms with Gasteiger partial charge in [-0.25, -0.2) is 9.78 Å². The van der Waals surface area contributed by atoms with Crippen LogP contribution in [-0.4, -0.2) is 46.4 Å². The first-order valence-electron chi connectivity index (χ1n) is 10.1. The summed E-state index contributed by atoms with van der Waals surface area (Å²) in [6.45, 7) is 9.45. The van der Waals surface area contributed by atoms with E-state index in [1.165, 1.54) is 19.4 Å². The van der Waals surface area contributed by atoms with E-state index in [-0.39, 0.29) is 34.2 Å². The first-order valence-corrected chi connectivity index (χ1v) is 10.5. The van der Waals surface area contributed by atoms with Gasteiger partial charge in [0.1, 0.15) is 34.7 Å². The van der Waals surface area contributed by atoms with Crippen molar-refractivity contribution in [3.63, 3.8) is 0 Å². The molecular formula is C23H30N2O5S. The number of esters is 1. The molecule has 0 bridgehead atoms. The van der Waals surface area contributed by atoms with Crippen molar-refractivity contribution in [1.29, 1.82) is 0 Å². The van der Waals surface area contributed by atoms with Crippen molar-refractivity contribution in [2.75, 3.05) is 7.11 Å². The molecule has 0 radical (unpaired) electrons. The fraction of sp³-hybridized carbons (Fsp3) is 0.435. The van der Waals surface area contributed by atoms with Gasteiger partial charge in [-0.1, -0.05) is 43.8 Å². The molecule has 0 amide bonds. The summed E-state index contributed by atoms with van der Waals surface area (Å²) in [7, 11) is 1.43. The highest BCUT2D eigenvalue weighted by Crippen LogP contribution is 2.27. The van der Waals surface area contributed by atoms with Crippen molar-refractivity contribution in [2.45, 2.75) is 52.9 Å². The van der Waals surface area contributed by atoms with Crippen LogP contribution in [0.5, 0.6) is 17.2 Å². The van der Waals surface area contributed by atoms with Crippen LogP contribution in [0.15, 0.2) is 36.5 Å². The quantitative estimate of drug-likeness (QED) is 0.444. The number of pyridine rings is 1. The van der Waals surface area contributed by atoms with E-state index in [0.717, 1.165) is 5.56 Å². The number of nitrogens with zero attached hydrogens (tertiary/aromatic N) is 1. The van der Waals surface area contributed by atoms with Crippen LogP contribution in [0.3, 0.4) is 0 Å². The Kier molecular flexibility index (Phi) is 8.62. The fourth-order valence-corrected chi connectivity index (χ4v) is 3.33. The van der Waals surface area contributed by atoms with Crippen LogP contribution in [-0.2, 0) is 9.53 Å². The second-order valence-electron chi connectivity index (χ2n) is 7.69. The Morgan fingerprint density at radius 1 is 1.13 bits per heavy atom. The zero-order chi connectivity index (χ0) is 23.1. The van der Waals surface area contributed by atoms with Crippen molar-refractivity contribution >= 4 is 23.2 Å². The van der Waals surface area contributed by atoms with Crippen LogP contribution >= 0.6 is 12.2 Å². The number of aryl methyl sites for hydroxylation is 1.